The summed E-state index contributed by atoms with van der Waals surface area (Å²) in [5.74, 6) is -0.578. The summed E-state index contributed by atoms with van der Waals surface area (Å²) < 4.78 is 35.4. The zero-order valence-electron chi connectivity index (χ0n) is 15.1. The van der Waals surface area contributed by atoms with Gasteiger partial charge in [0.15, 0.2) is 0 Å². The number of alkyl carbamates (subject to hydrolysis) is 1. The number of carbonyl (C=O) groups is 1. The molecule has 0 bridgehead atoms. The number of nitrogens with zero attached hydrogens (tertiary/aromatic N) is 2. The van der Waals surface area contributed by atoms with E-state index in [4.69, 9.17) is 32.4 Å². The van der Waals surface area contributed by atoms with E-state index in [0.717, 1.165) is 0 Å². The second kappa shape index (κ2) is 8.04. The van der Waals surface area contributed by atoms with Gasteiger partial charge in [-0.25, -0.2) is 13.2 Å². The third-order valence-corrected chi connectivity index (χ3v) is 5.26. The number of benzene rings is 1. The van der Waals surface area contributed by atoms with Gasteiger partial charge in [0, 0.05) is 15.6 Å². The Morgan fingerprint density at radius 1 is 1.26 bits per heavy atom. The predicted molar refractivity (Wildman–Crippen MR) is 99.4 cm³/mol. The van der Waals surface area contributed by atoms with E-state index in [1.54, 1.807) is 33.8 Å². The number of carbonyl (C=O) groups excluding carboxylic acids is 1. The molecule has 0 radical (unpaired) electrons. The molecule has 2 aromatic rings. The van der Waals surface area contributed by atoms with Crippen LogP contribution in [-0.4, -0.2) is 30.3 Å². The molecule has 0 aliphatic heterocycles. The molecule has 2 rings (SSSR count). The van der Waals surface area contributed by atoms with Crippen molar-refractivity contribution in [3.63, 3.8) is 0 Å². The Morgan fingerprint density at radius 3 is 2.41 bits per heavy atom. The van der Waals surface area contributed by atoms with Crippen molar-refractivity contribution in [1.29, 1.82) is 0 Å². The van der Waals surface area contributed by atoms with Gasteiger partial charge in [-0.1, -0.05) is 34.4 Å². The van der Waals surface area contributed by atoms with Crippen LogP contribution < -0.4 is 5.32 Å². The third kappa shape index (κ3) is 5.82. The molecule has 0 fully saturated rings. The van der Waals surface area contributed by atoms with Crippen LogP contribution in [0.3, 0.4) is 0 Å². The van der Waals surface area contributed by atoms with Crippen LogP contribution in [0.4, 0.5) is 4.79 Å². The van der Waals surface area contributed by atoms with Crippen molar-refractivity contribution < 1.29 is 22.4 Å². The van der Waals surface area contributed by atoms with E-state index >= 15 is 0 Å². The average Bonchev–Trinajstić information content (AvgIpc) is 3.00. The van der Waals surface area contributed by atoms with E-state index < -0.39 is 38.5 Å². The molecule has 0 spiro atoms. The Labute approximate surface area is 167 Å². The Morgan fingerprint density at radius 2 is 1.85 bits per heavy atom. The molecule has 1 N–H and O–H groups in total. The number of hydrogen-bond acceptors (Lipinski definition) is 7. The smallest absolute Gasteiger partial charge is 0.408 e. The van der Waals surface area contributed by atoms with Crippen LogP contribution >= 0.6 is 23.2 Å². The van der Waals surface area contributed by atoms with Crippen LogP contribution in [0.5, 0.6) is 0 Å². The van der Waals surface area contributed by atoms with Crippen molar-refractivity contribution in [2.24, 2.45) is 0 Å². The lowest BCUT2D eigenvalue weighted by Crippen LogP contribution is -2.34. The summed E-state index contributed by atoms with van der Waals surface area (Å²) in [5.41, 5.74) is -0.443. The minimum Gasteiger partial charge on any atom is -0.444 e. The van der Waals surface area contributed by atoms with E-state index in [1.165, 1.54) is 12.1 Å². The number of amides is 1. The van der Waals surface area contributed by atoms with Crippen molar-refractivity contribution in [3.05, 3.63) is 39.7 Å². The fraction of sp³-hybridized carbons (Fsp3) is 0.438. The number of nitrogens with one attached hydrogen (secondary N) is 1. The topological polar surface area (TPSA) is 111 Å². The van der Waals surface area contributed by atoms with E-state index in [1.807, 2.05) is 0 Å². The normalized spacial score (nSPS) is 13.3. The first kappa shape index (κ1) is 21.5. The van der Waals surface area contributed by atoms with Crippen molar-refractivity contribution >= 4 is 39.1 Å². The summed E-state index contributed by atoms with van der Waals surface area (Å²) in [7, 11) is -3.98. The molecule has 0 saturated carbocycles. The Bertz CT molecular complexity index is 918. The van der Waals surface area contributed by atoms with Crippen molar-refractivity contribution in [3.8, 4) is 0 Å². The second-order valence-electron chi connectivity index (χ2n) is 6.73. The zero-order valence-corrected chi connectivity index (χ0v) is 17.4. The number of hydrogen-bond donors (Lipinski definition) is 1. The summed E-state index contributed by atoms with van der Waals surface area (Å²) in [5, 5.41) is 9.58. The average molecular weight is 436 g/mol. The van der Waals surface area contributed by atoms with Crippen LogP contribution in [0.1, 0.15) is 45.2 Å². The fourth-order valence-corrected chi connectivity index (χ4v) is 3.87. The first-order valence-corrected chi connectivity index (χ1v) is 10.3. The van der Waals surface area contributed by atoms with Gasteiger partial charge in [0.2, 0.25) is 15.7 Å². The third-order valence-electron chi connectivity index (χ3n) is 3.19. The van der Waals surface area contributed by atoms with Crippen LogP contribution in [-0.2, 0) is 20.3 Å². The van der Waals surface area contributed by atoms with Crippen molar-refractivity contribution in [1.82, 2.24) is 15.5 Å². The lowest BCUT2D eigenvalue weighted by Gasteiger charge is -2.20. The van der Waals surface area contributed by atoms with Gasteiger partial charge < -0.3 is 14.5 Å². The molecule has 1 atom stereocenters. The van der Waals surface area contributed by atoms with Gasteiger partial charge in [0.05, 0.1) is 5.75 Å². The summed E-state index contributed by atoms with van der Waals surface area (Å²) >= 11 is 12.0. The SMILES string of the molecule is C[C@H](NC(=O)OC(C)(C)C)c1nnc(S(=O)(=O)Cc2c(Cl)cccc2Cl)o1. The molecule has 1 amide bonds. The van der Waals surface area contributed by atoms with Gasteiger partial charge in [-0.05, 0) is 39.8 Å². The molecule has 148 valence electrons. The Kier molecular flexibility index (Phi) is 6.39. The fourth-order valence-electron chi connectivity index (χ4n) is 1.99. The highest BCUT2D eigenvalue weighted by Crippen LogP contribution is 2.28. The predicted octanol–water partition coefficient (Wildman–Crippen LogP) is 3.94. The molecular formula is C16H19Cl2N3O5S. The molecule has 1 aromatic heterocycles. The van der Waals surface area contributed by atoms with Gasteiger partial charge in [-0.3, -0.25) is 0 Å². The largest absolute Gasteiger partial charge is 0.444 e. The molecule has 0 aliphatic carbocycles. The molecule has 8 nitrogen and oxygen atoms in total. The van der Waals surface area contributed by atoms with Gasteiger partial charge in [0.25, 0.3) is 0 Å². The quantitative estimate of drug-likeness (QED) is 0.756. The number of sulfone groups is 1. The Hall–Kier alpha value is -1.84. The lowest BCUT2D eigenvalue weighted by atomic mass is 10.2. The lowest BCUT2D eigenvalue weighted by molar-refractivity contribution is 0.0500. The molecule has 0 saturated heterocycles. The summed E-state index contributed by atoms with van der Waals surface area (Å²) in [6, 6.07) is 3.92. The number of ether oxygens (including phenoxy) is 1. The highest BCUT2D eigenvalue weighted by Gasteiger charge is 2.27. The summed E-state index contributed by atoms with van der Waals surface area (Å²) in [4.78, 5) is 11.8. The first-order chi connectivity index (χ1) is 12.4. The van der Waals surface area contributed by atoms with Gasteiger partial charge in [0.1, 0.15) is 11.6 Å². The molecule has 0 unspecified atom stereocenters. The molecule has 27 heavy (non-hydrogen) atoms. The minimum absolute atomic E-state index is 0.0790. The maximum atomic E-state index is 12.5. The van der Waals surface area contributed by atoms with Gasteiger partial charge in [-0.2, -0.15) is 0 Å². The van der Waals surface area contributed by atoms with E-state index in [-0.39, 0.29) is 21.5 Å². The van der Waals surface area contributed by atoms with Crippen molar-refractivity contribution in [2.75, 3.05) is 0 Å². The molecule has 11 heteroatoms. The maximum Gasteiger partial charge on any atom is 0.408 e. The molecule has 1 heterocycles. The minimum atomic E-state index is -3.98. The van der Waals surface area contributed by atoms with Crippen molar-refractivity contribution in [2.45, 2.75) is 50.3 Å². The first-order valence-electron chi connectivity index (χ1n) is 7.87. The van der Waals surface area contributed by atoms with Gasteiger partial charge >= 0.3 is 11.3 Å². The molecule has 0 aliphatic rings. The number of rotatable bonds is 5. The zero-order chi connectivity index (χ0) is 20.4. The van der Waals surface area contributed by atoms with Crippen LogP contribution in [0, 0.1) is 0 Å². The van der Waals surface area contributed by atoms with E-state index in [0.29, 0.717) is 0 Å². The second-order valence-corrected chi connectivity index (χ2v) is 9.42. The molecule has 1 aromatic carbocycles. The summed E-state index contributed by atoms with van der Waals surface area (Å²) in [6.45, 7) is 6.70. The highest BCUT2D eigenvalue weighted by molar-refractivity contribution is 7.90. The highest BCUT2D eigenvalue weighted by atomic mass is 35.5. The summed E-state index contributed by atoms with van der Waals surface area (Å²) in [6.07, 6.45) is -0.694. The van der Waals surface area contributed by atoms with E-state index in [9.17, 15) is 13.2 Å². The van der Waals surface area contributed by atoms with Gasteiger partial charge in [-0.15, -0.1) is 5.10 Å². The monoisotopic (exact) mass is 435 g/mol. The Balaban J connectivity index is 2.15. The van der Waals surface area contributed by atoms with Crippen LogP contribution in [0.25, 0.3) is 0 Å². The van der Waals surface area contributed by atoms with Crippen LogP contribution in [0.15, 0.2) is 27.8 Å². The standard InChI is InChI=1S/C16H19Cl2N3O5S/c1-9(19-14(22)26-16(2,3)4)13-20-21-15(25-13)27(23,24)8-10-11(17)6-5-7-12(10)18/h5-7,9H,8H2,1-4H3,(H,19,22)/t9-/m0/s1. The number of halogens is 2. The van der Waals surface area contributed by atoms with Crippen LogP contribution in [0.2, 0.25) is 10.0 Å². The van der Waals surface area contributed by atoms with E-state index in [2.05, 4.69) is 15.5 Å². The molecular weight excluding hydrogens is 417 g/mol. The maximum absolute atomic E-state index is 12.5. The number of aromatic nitrogens is 2.